The van der Waals surface area contributed by atoms with E-state index in [2.05, 4.69) is 0 Å². The minimum absolute atomic E-state index is 0.0875. The second kappa shape index (κ2) is 4.82. The fourth-order valence-electron chi connectivity index (χ4n) is 4.63. The predicted octanol–water partition coefficient (Wildman–Crippen LogP) is 1.66. The van der Waals surface area contributed by atoms with Crippen molar-refractivity contribution in [3.63, 3.8) is 0 Å². The van der Waals surface area contributed by atoms with Gasteiger partial charge in [0.15, 0.2) is 0 Å². The van der Waals surface area contributed by atoms with Crippen LogP contribution in [0.4, 0.5) is 0 Å². The van der Waals surface area contributed by atoms with Gasteiger partial charge in [0.05, 0.1) is 24.7 Å². The van der Waals surface area contributed by atoms with Crippen LogP contribution < -0.4 is 0 Å². The molecular weight excluding hydrogens is 282 g/mol. The van der Waals surface area contributed by atoms with E-state index in [0.29, 0.717) is 12.6 Å². The van der Waals surface area contributed by atoms with E-state index in [-0.39, 0.29) is 24.1 Å². The van der Waals surface area contributed by atoms with Gasteiger partial charge >= 0.3 is 5.97 Å². The van der Waals surface area contributed by atoms with Gasteiger partial charge in [-0.3, -0.25) is 9.59 Å². The zero-order chi connectivity index (χ0) is 15.5. The third kappa shape index (κ3) is 1.87. The lowest BCUT2D eigenvalue weighted by atomic mass is 9.77. The average molecular weight is 305 g/mol. The molecule has 0 aromatic carbocycles. The zero-order valence-electron chi connectivity index (χ0n) is 13.2. The summed E-state index contributed by atoms with van der Waals surface area (Å²) in [5.74, 6) is -1.08. The molecule has 3 aliphatic heterocycles. The number of hydrogen-bond donors (Lipinski definition) is 0. The maximum absolute atomic E-state index is 13.0. The smallest absolute Gasteiger partial charge is 0.313 e. The summed E-state index contributed by atoms with van der Waals surface area (Å²) in [7, 11) is 0. The predicted molar refractivity (Wildman–Crippen MR) is 78.9 cm³/mol. The van der Waals surface area contributed by atoms with Crippen LogP contribution in [0.1, 0.15) is 39.5 Å². The lowest BCUT2D eigenvalue weighted by Gasteiger charge is -2.27. The highest BCUT2D eigenvalue weighted by atomic mass is 16.6. The van der Waals surface area contributed by atoms with Crippen molar-refractivity contribution in [3.8, 4) is 0 Å². The highest BCUT2D eigenvalue weighted by Gasteiger charge is 2.68. The first-order chi connectivity index (χ1) is 10.5. The number of amides is 1. The van der Waals surface area contributed by atoms with Crippen LogP contribution in [0, 0.1) is 11.8 Å². The summed E-state index contributed by atoms with van der Waals surface area (Å²) in [5.41, 5.74) is -0.592. The molecule has 0 aromatic rings. The molecule has 2 saturated heterocycles. The van der Waals surface area contributed by atoms with Crippen LogP contribution in [-0.2, 0) is 19.1 Å². The lowest BCUT2D eigenvalue weighted by Crippen LogP contribution is -2.41. The quantitative estimate of drug-likeness (QED) is 0.588. The largest absolute Gasteiger partial charge is 0.463 e. The van der Waals surface area contributed by atoms with E-state index in [1.54, 1.807) is 0 Å². The van der Waals surface area contributed by atoms with Crippen LogP contribution in [0.5, 0.6) is 0 Å². The molecule has 0 aromatic heterocycles. The van der Waals surface area contributed by atoms with Gasteiger partial charge in [0.25, 0.3) is 0 Å². The first kappa shape index (κ1) is 14.2. The van der Waals surface area contributed by atoms with E-state index in [1.165, 1.54) is 12.8 Å². The molecule has 120 valence electrons. The summed E-state index contributed by atoms with van der Waals surface area (Å²) in [4.78, 5) is 27.4. The van der Waals surface area contributed by atoms with Crippen LogP contribution in [0.25, 0.3) is 0 Å². The number of carbonyl (C=O) groups is 2. The SMILES string of the molecule is CC(C)OC(=O)[C@@H]1[C@H]2C=C[C@@]3(CN(C4CCCC4)C(=O)[C@@H]13)O2. The van der Waals surface area contributed by atoms with Gasteiger partial charge in [-0.25, -0.2) is 0 Å². The summed E-state index contributed by atoms with van der Waals surface area (Å²) in [6, 6.07) is 0.324. The number of hydrogen-bond acceptors (Lipinski definition) is 4. The highest BCUT2D eigenvalue weighted by molar-refractivity contribution is 5.91. The van der Waals surface area contributed by atoms with Crippen LogP contribution in [-0.4, -0.2) is 47.2 Å². The molecular formula is C17H23NO4. The number of carbonyl (C=O) groups excluding carboxylic acids is 2. The number of nitrogens with zero attached hydrogens (tertiary/aromatic N) is 1. The average Bonchev–Trinajstić information content (AvgIpc) is 3.18. The Balaban J connectivity index is 1.61. The maximum Gasteiger partial charge on any atom is 0.313 e. The Morgan fingerprint density at radius 1 is 1.41 bits per heavy atom. The summed E-state index contributed by atoms with van der Waals surface area (Å²) in [6.45, 7) is 4.26. The Bertz CT molecular complexity index is 537. The molecule has 5 nitrogen and oxygen atoms in total. The van der Waals surface area contributed by atoms with E-state index in [4.69, 9.17) is 9.47 Å². The van der Waals surface area contributed by atoms with E-state index in [1.807, 2.05) is 30.9 Å². The molecule has 1 amide bonds. The standard InChI is InChI=1S/C17H23NO4/c1-10(2)21-16(20)13-12-7-8-17(22-12)9-18(15(19)14(13)17)11-5-3-4-6-11/h7-8,10-14H,3-6,9H2,1-2H3/t12-,13-,14-,17+/m1/s1. The number of ether oxygens (including phenoxy) is 2. The number of esters is 1. The van der Waals surface area contributed by atoms with Crippen LogP contribution in [0.2, 0.25) is 0 Å². The number of fused-ring (bicyclic) bond motifs is 1. The monoisotopic (exact) mass is 305 g/mol. The summed E-state index contributed by atoms with van der Waals surface area (Å²) >= 11 is 0. The Kier molecular flexibility index (Phi) is 3.12. The molecule has 1 spiro atoms. The van der Waals surface area contributed by atoms with E-state index < -0.39 is 17.4 Å². The van der Waals surface area contributed by atoms with Gasteiger partial charge in [0, 0.05) is 6.04 Å². The molecule has 0 radical (unpaired) electrons. The van der Waals surface area contributed by atoms with Crippen molar-refractivity contribution in [2.24, 2.45) is 11.8 Å². The second-order valence-electron chi connectivity index (χ2n) is 7.29. The van der Waals surface area contributed by atoms with E-state index >= 15 is 0 Å². The fraction of sp³-hybridized carbons (Fsp3) is 0.765. The Hall–Kier alpha value is -1.36. The van der Waals surface area contributed by atoms with Crippen molar-refractivity contribution in [2.75, 3.05) is 6.54 Å². The Labute approximate surface area is 130 Å². The van der Waals surface area contributed by atoms with Crippen molar-refractivity contribution in [1.29, 1.82) is 0 Å². The first-order valence-corrected chi connectivity index (χ1v) is 8.40. The maximum atomic E-state index is 13.0. The molecule has 1 saturated carbocycles. The molecule has 4 atom stereocenters. The van der Waals surface area contributed by atoms with Gasteiger partial charge < -0.3 is 14.4 Å². The molecule has 5 heteroatoms. The Morgan fingerprint density at radius 2 is 2.14 bits per heavy atom. The van der Waals surface area contributed by atoms with Crippen molar-refractivity contribution >= 4 is 11.9 Å². The van der Waals surface area contributed by atoms with Crippen LogP contribution in [0.3, 0.4) is 0 Å². The highest BCUT2D eigenvalue weighted by Crippen LogP contribution is 2.53. The molecule has 0 unspecified atom stereocenters. The molecule has 3 heterocycles. The van der Waals surface area contributed by atoms with E-state index in [0.717, 1.165) is 12.8 Å². The van der Waals surface area contributed by atoms with E-state index in [9.17, 15) is 9.59 Å². The summed E-state index contributed by atoms with van der Waals surface area (Å²) in [5, 5.41) is 0. The molecule has 22 heavy (non-hydrogen) atoms. The molecule has 2 bridgehead atoms. The van der Waals surface area contributed by atoms with Gasteiger partial charge in [-0.1, -0.05) is 25.0 Å². The van der Waals surface area contributed by atoms with Crippen molar-refractivity contribution in [3.05, 3.63) is 12.2 Å². The minimum Gasteiger partial charge on any atom is -0.463 e. The molecule has 0 N–H and O–H groups in total. The van der Waals surface area contributed by atoms with Gasteiger partial charge in [-0.05, 0) is 26.7 Å². The van der Waals surface area contributed by atoms with Crippen LogP contribution >= 0.6 is 0 Å². The number of likely N-dealkylation sites (tertiary alicyclic amines) is 1. The first-order valence-electron chi connectivity index (χ1n) is 8.40. The van der Waals surface area contributed by atoms with Gasteiger partial charge in [-0.15, -0.1) is 0 Å². The fourth-order valence-corrected chi connectivity index (χ4v) is 4.63. The molecule has 4 aliphatic rings. The normalized spacial score (nSPS) is 40.0. The van der Waals surface area contributed by atoms with Gasteiger partial charge in [0.1, 0.15) is 11.5 Å². The van der Waals surface area contributed by atoms with Gasteiger partial charge in [-0.2, -0.15) is 0 Å². The zero-order valence-corrected chi connectivity index (χ0v) is 13.2. The third-order valence-corrected chi connectivity index (χ3v) is 5.52. The molecule has 3 fully saturated rings. The topological polar surface area (TPSA) is 55.8 Å². The number of rotatable bonds is 3. The minimum atomic E-state index is -0.592. The lowest BCUT2D eigenvalue weighted by molar-refractivity contribution is -0.157. The Morgan fingerprint density at radius 3 is 2.82 bits per heavy atom. The third-order valence-electron chi connectivity index (χ3n) is 5.52. The van der Waals surface area contributed by atoms with Crippen LogP contribution in [0.15, 0.2) is 12.2 Å². The van der Waals surface area contributed by atoms with Crippen molar-refractivity contribution in [2.45, 2.75) is 63.4 Å². The molecule has 4 rings (SSSR count). The van der Waals surface area contributed by atoms with Crippen molar-refractivity contribution in [1.82, 2.24) is 4.90 Å². The second-order valence-corrected chi connectivity index (χ2v) is 7.29. The van der Waals surface area contributed by atoms with Crippen molar-refractivity contribution < 1.29 is 19.1 Å². The van der Waals surface area contributed by atoms with Gasteiger partial charge in [0.2, 0.25) is 5.91 Å². The summed E-state index contributed by atoms with van der Waals surface area (Å²) in [6.07, 6.45) is 7.99. The summed E-state index contributed by atoms with van der Waals surface area (Å²) < 4.78 is 11.5. The molecule has 1 aliphatic carbocycles.